The largest absolute Gasteiger partial charge is 0.481 e. The van der Waals surface area contributed by atoms with E-state index in [2.05, 4.69) is 10.3 Å². The predicted octanol–water partition coefficient (Wildman–Crippen LogP) is 3.84. The van der Waals surface area contributed by atoms with E-state index in [1.165, 1.54) is 0 Å². The molecule has 0 unspecified atom stereocenters. The fourth-order valence-electron chi connectivity index (χ4n) is 4.29. The van der Waals surface area contributed by atoms with Crippen LogP contribution in [0.3, 0.4) is 0 Å². The minimum Gasteiger partial charge on any atom is -0.481 e. The predicted molar refractivity (Wildman–Crippen MR) is 100 cm³/mol. The van der Waals surface area contributed by atoms with Crippen LogP contribution in [0.25, 0.3) is 11.3 Å². The highest BCUT2D eigenvalue weighted by Crippen LogP contribution is 2.49. The molecule has 1 aromatic heterocycles. The molecule has 4 rings (SSSR count). The number of benzene rings is 1. The molecule has 2 heterocycles. The molecule has 0 spiro atoms. The van der Waals surface area contributed by atoms with Gasteiger partial charge >= 0.3 is 12.0 Å². The molecule has 1 aromatic carbocycles. The number of carbonyl (C=O) groups is 2. The summed E-state index contributed by atoms with van der Waals surface area (Å²) in [6, 6.07) is 7.34. The van der Waals surface area contributed by atoms with Gasteiger partial charge in [-0.05, 0) is 31.7 Å². The molecule has 6 nitrogen and oxygen atoms in total. The van der Waals surface area contributed by atoms with Gasteiger partial charge in [0, 0.05) is 24.0 Å². The van der Waals surface area contributed by atoms with Crippen LogP contribution in [0.5, 0.6) is 0 Å². The molecule has 1 aliphatic heterocycles. The number of carbonyl (C=O) groups excluding carboxylic acids is 1. The SMILES string of the molecule is Cc1nc(-c2ccccc2NC(=O)N2C[C@@H]3CCC[C@@]3(C(=O)O)C2)cs1. The lowest BCUT2D eigenvalue weighted by Crippen LogP contribution is -2.38. The Labute approximate surface area is 155 Å². The smallest absolute Gasteiger partial charge is 0.321 e. The number of aryl methyl sites for hydroxylation is 1. The summed E-state index contributed by atoms with van der Waals surface area (Å²) in [5, 5.41) is 15.6. The average molecular weight is 371 g/mol. The van der Waals surface area contributed by atoms with Crippen molar-refractivity contribution in [3.8, 4) is 11.3 Å². The number of hydrogen-bond acceptors (Lipinski definition) is 4. The summed E-state index contributed by atoms with van der Waals surface area (Å²) < 4.78 is 0. The van der Waals surface area contributed by atoms with E-state index in [9.17, 15) is 14.7 Å². The maximum atomic E-state index is 12.8. The maximum Gasteiger partial charge on any atom is 0.321 e. The van der Waals surface area contributed by atoms with Crippen molar-refractivity contribution in [3.05, 3.63) is 34.7 Å². The minimum atomic E-state index is -0.770. The molecule has 136 valence electrons. The lowest BCUT2D eigenvalue weighted by molar-refractivity contribution is -0.149. The quantitative estimate of drug-likeness (QED) is 0.859. The van der Waals surface area contributed by atoms with Crippen LogP contribution in [0.1, 0.15) is 24.3 Å². The van der Waals surface area contributed by atoms with Crippen LogP contribution in [0.2, 0.25) is 0 Å². The molecule has 1 saturated heterocycles. The van der Waals surface area contributed by atoms with Crippen molar-refractivity contribution in [2.75, 3.05) is 18.4 Å². The Morgan fingerprint density at radius 2 is 2.19 bits per heavy atom. The van der Waals surface area contributed by atoms with Crippen LogP contribution in [-0.2, 0) is 4.79 Å². The van der Waals surface area contributed by atoms with Crippen molar-refractivity contribution in [2.45, 2.75) is 26.2 Å². The molecule has 7 heteroatoms. The number of fused-ring (bicyclic) bond motifs is 1. The first-order chi connectivity index (χ1) is 12.5. The molecule has 2 fully saturated rings. The molecule has 0 bridgehead atoms. The van der Waals surface area contributed by atoms with Crippen molar-refractivity contribution in [2.24, 2.45) is 11.3 Å². The molecule has 1 aliphatic carbocycles. The summed E-state index contributed by atoms with van der Waals surface area (Å²) in [6.07, 6.45) is 2.47. The van der Waals surface area contributed by atoms with Gasteiger partial charge in [0.05, 0.1) is 21.8 Å². The van der Waals surface area contributed by atoms with E-state index >= 15 is 0 Å². The summed E-state index contributed by atoms with van der Waals surface area (Å²) >= 11 is 1.57. The van der Waals surface area contributed by atoms with Crippen LogP contribution >= 0.6 is 11.3 Å². The van der Waals surface area contributed by atoms with Crippen molar-refractivity contribution in [1.82, 2.24) is 9.88 Å². The summed E-state index contributed by atoms with van der Waals surface area (Å²) in [5.41, 5.74) is 1.65. The molecule has 2 atom stereocenters. The van der Waals surface area contributed by atoms with Crippen LogP contribution < -0.4 is 5.32 Å². The number of carboxylic acids is 1. The summed E-state index contributed by atoms with van der Waals surface area (Å²) in [6.45, 7) is 2.75. The molecule has 2 N–H and O–H groups in total. The normalized spacial score (nSPS) is 24.5. The molecular weight excluding hydrogens is 350 g/mol. The average Bonchev–Trinajstić information content (AvgIpc) is 3.29. The first-order valence-corrected chi connectivity index (χ1v) is 9.68. The zero-order valence-electron chi connectivity index (χ0n) is 14.6. The van der Waals surface area contributed by atoms with Crippen LogP contribution in [-0.4, -0.2) is 40.1 Å². The number of aliphatic carboxylic acids is 1. The second kappa shape index (κ2) is 6.39. The number of rotatable bonds is 3. The second-order valence-corrected chi connectivity index (χ2v) is 8.22. The number of aromatic nitrogens is 1. The zero-order chi connectivity index (χ0) is 18.3. The van der Waals surface area contributed by atoms with Gasteiger partial charge in [0.25, 0.3) is 0 Å². The highest BCUT2D eigenvalue weighted by Gasteiger charge is 2.55. The van der Waals surface area contributed by atoms with Gasteiger partial charge in [-0.1, -0.05) is 24.6 Å². The number of nitrogens with one attached hydrogen (secondary N) is 1. The second-order valence-electron chi connectivity index (χ2n) is 7.16. The zero-order valence-corrected chi connectivity index (χ0v) is 15.4. The van der Waals surface area contributed by atoms with Gasteiger partial charge in [-0.25, -0.2) is 9.78 Å². The topological polar surface area (TPSA) is 82.5 Å². The van der Waals surface area contributed by atoms with E-state index in [1.807, 2.05) is 36.6 Å². The van der Waals surface area contributed by atoms with Crippen LogP contribution in [0, 0.1) is 18.3 Å². The summed E-state index contributed by atoms with van der Waals surface area (Å²) in [7, 11) is 0. The minimum absolute atomic E-state index is 0.0576. The van der Waals surface area contributed by atoms with E-state index in [-0.39, 0.29) is 18.5 Å². The number of urea groups is 1. The maximum absolute atomic E-state index is 12.8. The lowest BCUT2D eigenvalue weighted by Gasteiger charge is -2.23. The van der Waals surface area contributed by atoms with E-state index in [4.69, 9.17) is 0 Å². The first kappa shape index (κ1) is 17.0. The third-order valence-corrected chi connectivity index (χ3v) is 6.42. The van der Waals surface area contributed by atoms with E-state index in [0.29, 0.717) is 18.7 Å². The standard InChI is InChI=1S/C19H21N3O3S/c1-12-20-16(10-26-12)14-6-2-3-7-15(14)21-18(25)22-9-13-5-4-8-19(13,11-22)17(23)24/h2-3,6-7,10,13H,4-5,8-9,11H2,1H3,(H,21,25)(H,23,24)/t13-,19+/m0/s1. The third kappa shape index (κ3) is 2.76. The number of para-hydroxylation sites is 1. The Morgan fingerprint density at radius 3 is 2.88 bits per heavy atom. The Bertz CT molecular complexity index is 865. The van der Waals surface area contributed by atoms with Gasteiger partial charge in [0.2, 0.25) is 0 Å². The number of carboxylic acid groups (broad SMARTS) is 1. The Morgan fingerprint density at radius 1 is 1.38 bits per heavy atom. The Kier molecular flexibility index (Phi) is 4.19. The molecule has 2 aromatic rings. The molecule has 0 radical (unpaired) electrons. The first-order valence-electron chi connectivity index (χ1n) is 8.80. The van der Waals surface area contributed by atoms with Crippen molar-refractivity contribution in [3.63, 3.8) is 0 Å². The number of likely N-dealkylation sites (tertiary alicyclic amines) is 1. The van der Waals surface area contributed by atoms with Crippen molar-refractivity contribution < 1.29 is 14.7 Å². The number of thiazole rings is 1. The highest BCUT2D eigenvalue weighted by molar-refractivity contribution is 7.09. The van der Waals surface area contributed by atoms with Gasteiger partial charge in [0.1, 0.15) is 0 Å². The summed E-state index contributed by atoms with van der Waals surface area (Å²) in [4.78, 5) is 30.8. The number of anilines is 1. The lowest BCUT2D eigenvalue weighted by atomic mass is 9.81. The molecule has 2 amide bonds. The molecule has 1 saturated carbocycles. The van der Waals surface area contributed by atoms with E-state index in [0.717, 1.165) is 29.1 Å². The van der Waals surface area contributed by atoms with Gasteiger partial charge in [-0.15, -0.1) is 11.3 Å². The van der Waals surface area contributed by atoms with Crippen molar-refractivity contribution in [1.29, 1.82) is 0 Å². The fraction of sp³-hybridized carbons (Fsp3) is 0.421. The molecular formula is C19H21N3O3S. The molecule has 26 heavy (non-hydrogen) atoms. The van der Waals surface area contributed by atoms with Gasteiger partial charge in [-0.2, -0.15) is 0 Å². The fourth-order valence-corrected chi connectivity index (χ4v) is 4.90. The Balaban J connectivity index is 1.54. The van der Waals surface area contributed by atoms with Crippen molar-refractivity contribution >= 4 is 29.0 Å². The van der Waals surface area contributed by atoms with E-state index in [1.54, 1.807) is 16.2 Å². The van der Waals surface area contributed by atoms with Gasteiger partial charge in [0.15, 0.2) is 0 Å². The number of hydrogen-bond donors (Lipinski definition) is 2. The summed E-state index contributed by atoms with van der Waals surface area (Å²) in [5.74, 6) is -0.712. The monoisotopic (exact) mass is 371 g/mol. The number of amides is 2. The van der Waals surface area contributed by atoms with Crippen LogP contribution in [0.15, 0.2) is 29.6 Å². The third-order valence-electron chi connectivity index (χ3n) is 5.65. The highest BCUT2D eigenvalue weighted by atomic mass is 32.1. The van der Waals surface area contributed by atoms with Gasteiger partial charge < -0.3 is 15.3 Å². The van der Waals surface area contributed by atoms with Crippen LogP contribution in [0.4, 0.5) is 10.5 Å². The van der Waals surface area contributed by atoms with Gasteiger partial charge in [-0.3, -0.25) is 4.79 Å². The molecule has 2 aliphatic rings. The number of nitrogens with zero attached hydrogens (tertiary/aromatic N) is 2. The van der Waals surface area contributed by atoms with E-state index < -0.39 is 11.4 Å². The Hall–Kier alpha value is -2.41.